The molecule has 0 radical (unpaired) electrons. The second-order valence-corrected chi connectivity index (χ2v) is 8.23. The van der Waals surface area contributed by atoms with E-state index in [1.54, 1.807) is 0 Å². The minimum atomic E-state index is -0.464. The van der Waals surface area contributed by atoms with Crippen LogP contribution in [0, 0.1) is 0 Å². The van der Waals surface area contributed by atoms with Gasteiger partial charge in [-0.1, -0.05) is 0 Å². The fourth-order valence-corrected chi connectivity index (χ4v) is 3.81. The van der Waals surface area contributed by atoms with E-state index >= 15 is 0 Å². The number of nitrogens with one attached hydrogen (secondary N) is 1. The van der Waals surface area contributed by atoms with Crippen molar-refractivity contribution in [1.82, 2.24) is 15.1 Å². The summed E-state index contributed by atoms with van der Waals surface area (Å²) in [4.78, 5) is 28.4. The molecular formula is C17H29N3O3. The van der Waals surface area contributed by atoms with Crippen molar-refractivity contribution in [2.45, 2.75) is 89.1 Å². The van der Waals surface area contributed by atoms with Gasteiger partial charge in [0.15, 0.2) is 0 Å². The Bertz CT molecular complexity index is 470. The zero-order chi connectivity index (χ0) is 16.8. The Labute approximate surface area is 138 Å². The summed E-state index contributed by atoms with van der Waals surface area (Å²) >= 11 is 0. The van der Waals surface area contributed by atoms with E-state index in [2.05, 4.69) is 5.32 Å². The number of hydrogen-bond donors (Lipinski definition) is 1. The molecule has 2 saturated heterocycles. The quantitative estimate of drug-likeness (QED) is 0.850. The van der Waals surface area contributed by atoms with Crippen LogP contribution in [0.15, 0.2) is 0 Å². The Morgan fingerprint density at radius 1 is 1.09 bits per heavy atom. The maximum atomic E-state index is 12.4. The molecule has 1 N–H and O–H groups in total. The fourth-order valence-electron chi connectivity index (χ4n) is 3.81. The molecule has 0 aromatic rings. The van der Waals surface area contributed by atoms with Crippen molar-refractivity contribution in [2.24, 2.45) is 0 Å². The molecule has 2 atom stereocenters. The van der Waals surface area contributed by atoms with Gasteiger partial charge in [0.05, 0.1) is 0 Å². The van der Waals surface area contributed by atoms with Crippen molar-refractivity contribution >= 4 is 12.1 Å². The number of urea groups is 1. The molecule has 3 fully saturated rings. The van der Waals surface area contributed by atoms with E-state index in [0.29, 0.717) is 6.04 Å². The highest BCUT2D eigenvalue weighted by Gasteiger charge is 2.45. The average Bonchev–Trinajstić information content (AvgIpc) is 3.22. The molecule has 1 aliphatic carbocycles. The third-order valence-electron chi connectivity index (χ3n) is 5.08. The van der Waals surface area contributed by atoms with Gasteiger partial charge >= 0.3 is 12.1 Å². The second kappa shape index (κ2) is 5.87. The first kappa shape index (κ1) is 16.4. The number of carbonyl (C=O) groups is 2. The highest BCUT2D eigenvalue weighted by molar-refractivity contribution is 5.75. The minimum absolute atomic E-state index is 0.0302. The summed E-state index contributed by atoms with van der Waals surface area (Å²) < 4.78 is 5.54. The van der Waals surface area contributed by atoms with Gasteiger partial charge in [0.2, 0.25) is 0 Å². The van der Waals surface area contributed by atoms with Crippen molar-refractivity contribution in [3.8, 4) is 0 Å². The first-order valence-electron chi connectivity index (χ1n) is 8.79. The predicted octanol–water partition coefficient (Wildman–Crippen LogP) is 2.72. The molecule has 2 bridgehead atoms. The van der Waals surface area contributed by atoms with Crippen LogP contribution in [-0.2, 0) is 4.74 Å². The first-order valence-corrected chi connectivity index (χ1v) is 8.79. The van der Waals surface area contributed by atoms with Crippen LogP contribution in [-0.4, -0.2) is 58.7 Å². The van der Waals surface area contributed by atoms with Gasteiger partial charge in [-0.3, -0.25) is 0 Å². The van der Waals surface area contributed by atoms with Crippen molar-refractivity contribution in [2.75, 3.05) is 7.05 Å². The second-order valence-electron chi connectivity index (χ2n) is 8.23. The number of piperidine rings is 1. The highest BCUT2D eigenvalue weighted by atomic mass is 16.6. The van der Waals surface area contributed by atoms with Gasteiger partial charge in [-0.25, -0.2) is 9.59 Å². The zero-order valence-electron chi connectivity index (χ0n) is 14.7. The summed E-state index contributed by atoms with van der Waals surface area (Å²) in [6.45, 7) is 5.69. The Morgan fingerprint density at radius 3 is 2.13 bits per heavy atom. The van der Waals surface area contributed by atoms with Crippen LogP contribution < -0.4 is 5.32 Å². The molecule has 2 unspecified atom stereocenters. The Balaban J connectivity index is 1.56. The van der Waals surface area contributed by atoms with Gasteiger partial charge in [0.1, 0.15) is 5.60 Å². The van der Waals surface area contributed by atoms with Crippen LogP contribution >= 0.6 is 0 Å². The molecule has 6 nitrogen and oxygen atoms in total. The average molecular weight is 323 g/mol. The van der Waals surface area contributed by atoms with Crippen LogP contribution in [0.5, 0.6) is 0 Å². The van der Waals surface area contributed by atoms with Crippen molar-refractivity contribution in [3.05, 3.63) is 0 Å². The van der Waals surface area contributed by atoms with Gasteiger partial charge in [-0.15, -0.1) is 0 Å². The van der Waals surface area contributed by atoms with Gasteiger partial charge in [0, 0.05) is 31.2 Å². The maximum Gasteiger partial charge on any atom is 0.410 e. The molecule has 2 aliphatic heterocycles. The molecule has 0 aromatic carbocycles. The summed E-state index contributed by atoms with van der Waals surface area (Å²) in [5, 5.41) is 3.16. The van der Waals surface area contributed by atoms with Crippen LogP contribution in [0.1, 0.15) is 59.3 Å². The largest absolute Gasteiger partial charge is 0.444 e. The van der Waals surface area contributed by atoms with Gasteiger partial charge in [0.25, 0.3) is 0 Å². The van der Waals surface area contributed by atoms with E-state index in [0.717, 1.165) is 38.5 Å². The van der Waals surface area contributed by atoms with E-state index in [1.165, 1.54) is 0 Å². The third-order valence-corrected chi connectivity index (χ3v) is 5.08. The lowest BCUT2D eigenvalue weighted by Gasteiger charge is -2.40. The molecule has 3 rings (SSSR count). The molecule has 0 spiro atoms. The normalized spacial score (nSPS) is 30.1. The van der Waals surface area contributed by atoms with Gasteiger partial charge in [-0.2, -0.15) is 0 Å². The number of nitrogens with zero attached hydrogens (tertiary/aromatic N) is 2. The molecule has 0 aromatic heterocycles. The van der Waals surface area contributed by atoms with Crippen molar-refractivity contribution in [1.29, 1.82) is 0 Å². The zero-order valence-corrected chi connectivity index (χ0v) is 14.7. The Morgan fingerprint density at radius 2 is 1.65 bits per heavy atom. The van der Waals surface area contributed by atoms with E-state index in [-0.39, 0.29) is 30.2 Å². The number of hydrogen-bond acceptors (Lipinski definition) is 3. The first-order chi connectivity index (χ1) is 10.7. The molecular weight excluding hydrogens is 294 g/mol. The fraction of sp³-hybridized carbons (Fsp3) is 0.882. The molecule has 3 aliphatic rings. The lowest BCUT2D eigenvalue weighted by molar-refractivity contribution is 0.00512. The SMILES string of the molecule is CN(C(=O)NC1CC2CCC(C1)N2C(=O)OC(C)(C)C)C1CC1. The molecule has 3 amide bonds. The third kappa shape index (κ3) is 3.72. The number of ether oxygens (including phenoxy) is 1. The topological polar surface area (TPSA) is 61.9 Å². The maximum absolute atomic E-state index is 12.4. The minimum Gasteiger partial charge on any atom is -0.444 e. The monoisotopic (exact) mass is 323 g/mol. The molecule has 130 valence electrons. The van der Waals surface area contributed by atoms with Crippen LogP contribution in [0.2, 0.25) is 0 Å². The number of fused-ring (bicyclic) bond motifs is 2. The van der Waals surface area contributed by atoms with Crippen molar-refractivity contribution in [3.63, 3.8) is 0 Å². The van der Waals surface area contributed by atoms with Crippen LogP contribution in [0.3, 0.4) is 0 Å². The molecule has 23 heavy (non-hydrogen) atoms. The number of carbonyl (C=O) groups excluding carboxylic acids is 2. The van der Waals surface area contributed by atoms with Crippen LogP contribution in [0.4, 0.5) is 9.59 Å². The van der Waals surface area contributed by atoms with E-state index in [1.807, 2.05) is 37.6 Å². The number of rotatable bonds is 2. The summed E-state index contributed by atoms with van der Waals surface area (Å²) in [6, 6.07) is 1.01. The van der Waals surface area contributed by atoms with Crippen molar-refractivity contribution < 1.29 is 14.3 Å². The van der Waals surface area contributed by atoms with E-state index in [4.69, 9.17) is 4.74 Å². The molecule has 2 heterocycles. The lowest BCUT2D eigenvalue weighted by Crippen LogP contribution is -2.54. The molecule has 1 saturated carbocycles. The Kier molecular flexibility index (Phi) is 4.19. The van der Waals surface area contributed by atoms with Gasteiger partial charge in [-0.05, 0) is 59.3 Å². The Hall–Kier alpha value is -1.46. The smallest absolute Gasteiger partial charge is 0.410 e. The summed E-state index contributed by atoms with van der Waals surface area (Å²) in [5.41, 5.74) is -0.464. The standard InChI is InChI=1S/C17H29N3O3/c1-17(2,3)23-16(22)20-13-7-8-14(20)10-11(9-13)18-15(21)19(4)12-5-6-12/h11-14H,5-10H2,1-4H3,(H,18,21). The highest BCUT2D eigenvalue weighted by Crippen LogP contribution is 2.37. The summed E-state index contributed by atoms with van der Waals surface area (Å²) in [5.74, 6) is 0. The van der Waals surface area contributed by atoms with E-state index in [9.17, 15) is 9.59 Å². The summed E-state index contributed by atoms with van der Waals surface area (Å²) in [6.07, 6.45) is 5.71. The van der Waals surface area contributed by atoms with Crippen LogP contribution in [0.25, 0.3) is 0 Å². The van der Waals surface area contributed by atoms with E-state index < -0.39 is 5.60 Å². The summed E-state index contributed by atoms with van der Waals surface area (Å²) in [7, 11) is 1.87. The van der Waals surface area contributed by atoms with Gasteiger partial charge < -0.3 is 19.9 Å². The number of amides is 3. The predicted molar refractivity (Wildman–Crippen MR) is 87.2 cm³/mol. The molecule has 6 heteroatoms. The lowest BCUT2D eigenvalue weighted by atomic mass is 9.98.